The Morgan fingerprint density at radius 3 is 2.80 bits per heavy atom. The summed E-state index contributed by atoms with van der Waals surface area (Å²) in [6, 6.07) is 0. The number of nitrogens with zero attached hydrogens (tertiary/aromatic N) is 1. The minimum Gasteiger partial charge on any atom is -0.481 e. The molecule has 5 nitrogen and oxygen atoms in total. The summed E-state index contributed by atoms with van der Waals surface area (Å²) in [6.07, 6.45) is 7.14. The third-order valence-corrected chi connectivity index (χ3v) is 3.76. The van der Waals surface area contributed by atoms with E-state index >= 15 is 0 Å². The SMILES string of the molecule is CC(CCNCC(=O)N(C)C1=CCCC1)CCC(=O)O. The standard InChI is InChI=1S/C15H26N2O3/c1-12(7-8-15(19)20)9-10-16-11-14(18)17(2)13-5-3-4-6-13/h5,12,16H,3-4,6-11H2,1-2H3,(H,19,20). The van der Waals surface area contributed by atoms with Crippen LogP contribution >= 0.6 is 0 Å². The molecule has 0 aliphatic heterocycles. The van der Waals surface area contributed by atoms with Crippen molar-refractivity contribution < 1.29 is 14.7 Å². The summed E-state index contributed by atoms with van der Waals surface area (Å²) in [5, 5.41) is 11.7. The topological polar surface area (TPSA) is 69.6 Å². The Hall–Kier alpha value is -1.36. The quantitative estimate of drug-likeness (QED) is 0.635. The smallest absolute Gasteiger partial charge is 0.303 e. The summed E-state index contributed by atoms with van der Waals surface area (Å²) in [5.41, 5.74) is 1.13. The van der Waals surface area contributed by atoms with E-state index in [9.17, 15) is 9.59 Å². The van der Waals surface area contributed by atoms with Crippen LogP contribution in [0.15, 0.2) is 11.8 Å². The average molecular weight is 282 g/mol. The molecule has 2 N–H and O–H groups in total. The van der Waals surface area contributed by atoms with Gasteiger partial charge in [0.2, 0.25) is 5.91 Å². The van der Waals surface area contributed by atoms with Gasteiger partial charge >= 0.3 is 5.97 Å². The second-order valence-corrected chi connectivity index (χ2v) is 5.54. The molecule has 5 heteroatoms. The molecule has 1 aliphatic carbocycles. The highest BCUT2D eigenvalue weighted by atomic mass is 16.4. The molecule has 20 heavy (non-hydrogen) atoms. The molecule has 0 heterocycles. The van der Waals surface area contributed by atoms with E-state index in [1.54, 1.807) is 4.90 Å². The minimum atomic E-state index is -0.744. The number of allylic oxidation sites excluding steroid dienone is 2. The molecule has 0 aromatic rings. The van der Waals surface area contributed by atoms with Gasteiger partial charge in [0.15, 0.2) is 0 Å². The highest BCUT2D eigenvalue weighted by Crippen LogP contribution is 2.19. The van der Waals surface area contributed by atoms with Gasteiger partial charge in [-0.15, -0.1) is 0 Å². The van der Waals surface area contributed by atoms with Crippen LogP contribution in [0.4, 0.5) is 0 Å². The van der Waals surface area contributed by atoms with E-state index < -0.39 is 5.97 Å². The normalized spacial score (nSPS) is 15.8. The van der Waals surface area contributed by atoms with Crippen molar-refractivity contribution in [3.05, 3.63) is 11.8 Å². The molecule has 0 aromatic heterocycles. The zero-order chi connectivity index (χ0) is 15.0. The monoisotopic (exact) mass is 282 g/mol. The molecular weight excluding hydrogens is 256 g/mol. The molecule has 0 bridgehead atoms. The molecule has 1 aliphatic rings. The molecule has 0 spiro atoms. The Balaban J connectivity index is 2.11. The summed E-state index contributed by atoms with van der Waals surface area (Å²) in [6.45, 7) is 3.14. The highest BCUT2D eigenvalue weighted by molar-refractivity contribution is 5.79. The van der Waals surface area contributed by atoms with Crippen LogP contribution in [0, 0.1) is 5.92 Å². The van der Waals surface area contributed by atoms with Gasteiger partial charge in [-0.05, 0) is 44.6 Å². The van der Waals surface area contributed by atoms with Crippen molar-refractivity contribution in [2.75, 3.05) is 20.1 Å². The van der Waals surface area contributed by atoms with Crippen molar-refractivity contribution >= 4 is 11.9 Å². The second-order valence-electron chi connectivity index (χ2n) is 5.54. The van der Waals surface area contributed by atoms with E-state index in [1.165, 1.54) is 0 Å². The first-order valence-electron chi connectivity index (χ1n) is 7.38. The number of nitrogens with one attached hydrogen (secondary N) is 1. The molecule has 0 radical (unpaired) electrons. The summed E-state index contributed by atoms with van der Waals surface area (Å²) >= 11 is 0. The lowest BCUT2D eigenvalue weighted by Gasteiger charge is -2.19. The number of carbonyl (C=O) groups is 2. The summed E-state index contributed by atoms with van der Waals surface area (Å²) < 4.78 is 0. The van der Waals surface area contributed by atoms with Gasteiger partial charge in [-0.25, -0.2) is 0 Å². The molecule has 1 rings (SSSR count). The predicted molar refractivity (Wildman–Crippen MR) is 78.2 cm³/mol. The Kier molecular flexibility index (Phi) is 7.30. The third kappa shape index (κ3) is 6.19. The first kappa shape index (κ1) is 16.7. The van der Waals surface area contributed by atoms with Crippen molar-refractivity contribution in [2.24, 2.45) is 5.92 Å². The molecule has 1 amide bonds. The van der Waals surface area contributed by atoms with E-state index in [2.05, 4.69) is 11.4 Å². The van der Waals surface area contributed by atoms with E-state index in [0.717, 1.165) is 37.9 Å². The molecule has 114 valence electrons. The molecular formula is C15H26N2O3. The number of hydrogen-bond acceptors (Lipinski definition) is 3. The maximum absolute atomic E-state index is 11.9. The number of hydrogen-bond donors (Lipinski definition) is 2. The van der Waals surface area contributed by atoms with E-state index in [0.29, 0.717) is 18.9 Å². The summed E-state index contributed by atoms with van der Waals surface area (Å²) in [7, 11) is 1.83. The van der Waals surface area contributed by atoms with Crippen LogP contribution in [0.5, 0.6) is 0 Å². The molecule has 0 fully saturated rings. The first-order chi connectivity index (χ1) is 9.50. The fourth-order valence-corrected chi connectivity index (χ4v) is 2.30. The first-order valence-corrected chi connectivity index (χ1v) is 7.38. The maximum Gasteiger partial charge on any atom is 0.303 e. The minimum absolute atomic E-state index is 0.0938. The van der Waals surface area contributed by atoms with Crippen molar-refractivity contribution in [1.82, 2.24) is 10.2 Å². The van der Waals surface area contributed by atoms with Crippen LogP contribution < -0.4 is 5.32 Å². The molecule has 1 atom stereocenters. The van der Waals surface area contributed by atoms with E-state index in [4.69, 9.17) is 5.11 Å². The fourth-order valence-electron chi connectivity index (χ4n) is 2.30. The predicted octanol–water partition coefficient (Wildman–Crippen LogP) is 1.99. The van der Waals surface area contributed by atoms with Gasteiger partial charge in [-0.2, -0.15) is 0 Å². The zero-order valence-electron chi connectivity index (χ0n) is 12.5. The zero-order valence-corrected chi connectivity index (χ0v) is 12.5. The van der Waals surface area contributed by atoms with Crippen LogP contribution in [0.1, 0.15) is 45.4 Å². The van der Waals surface area contributed by atoms with E-state index in [-0.39, 0.29) is 12.3 Å². The maximum atomic E-state index is 11.9. The van der Waals surface area contributed by atoms with Crippen molar-refractivity contribution in [3.63, 3.8) is 0 Å². The van der Waals surface area contributed by atoms with Crippen LogP contribution in [-0.2, 0) is 9.59 Å². The van der Waals surface area contributed by atoms with Gasteiger partial charge in [0, 0.05) is 19.2 Å². The highest BCUT2D eigenvalue weighted by Gasteiger charge is 2.15. The lowest BCUT2D eigenvalue weighted by atomic mass is 10.0. The number of aliphatic carboxylic acids is 1. The molecule has 0 saturated heterocycles. The van der Waals surface area contributed by atoms with Crippen molar-refractivity contribution in [3.8, 4) is 0 Å². The van der Waals surface area contributed by atoms with Crippen LogP contribution in [-0.4, -0.2) is 42.0 Å². The largest absolute Gasteiger partial charge is 0.481 e. The molecule has 1 unspecified atom stereocenters. The second kappa shape index (κ2) is 8.74. The van der Waals surface area contributed by atoms with Crippen LogP contribution in [0.2, 0.25) is 0 Å². The molecule has 0 saturated carbocycles. The number of carboxylic acid groups (broad SMARTS) is 1. The summed E-state index contributed by atoms with van der Waals surface area (Å²) in [5.74, 6) is -0.285. The number of likely N-dealkylation sites (N-methyl/N-ethyl adjacent to an activating group) is 1. The Morgan fingerprint density at radius 1 is 1.45 bits per heavy atom. The van der Waals surface area contributed by atoms with Gasteiger partial charge in [-0.1, -0.05) is 13.0 Å². The lowest BCUT2D eigenvalue weighted by Crippen LogP contribution is -2.35. The van der Waals surface area contributed by atoms with E-state index in [1.807, 2.05) is 14.0 Å². The lowest BCUT2D eigenvalue weighted by molar-refractivity contribution is -0.137. The Morgan fingerprint density at radius 2 is 2.20 bits per heavy atom. The Labute approximate surface area is 121 Å². The fraction of sp³-hybridized carbons (Fsp3) is 0.733. The molecule has 0 aromatic carbocycles. The van der Waals surface area contributed by atoms with Gasteiger partial charge in [0.05, 0.1) is 6.54 Å². The summed E-state index contributed by atoms with van der Waals surface area (Å²) in [4.78, 5) is 24.1. The third-order valence-electron chi connectivity index (χ3n) is 3.76. The number of rotatable bonds is 9. The van der Waals surface area contributed by atoms with Crippen molar-refractivity contribution in [1.29, 1.82) is 0 Å². The van der Waals surface area contributed by atoms with Crippen LogP contribution in [0.25, 0.3) is 0 Å². The number of carbonyl (C=O) groups excluding carboxylic acids is 1. The van der Waals surface area contributed by atoms with Gasteiger partial charge < -0.3 is 15.3 Å². The number of amides is 1. The Bertz CT molecular complexity index is 366. The van der Waals surface area contributed by atoms with Gasteiger partial charge in [-0.3, -0.25) is 9.59 Å². The average Bonchev–Trinajstić information content (AvgIpc) is 2.94. The van der Waals surface area contributed by atoms with Gasteiger partial charge in [0.1, 0.15) is 0 Å². The number of carboxylic acids is 1. The van der Waals surface area contributed by atoms with Crippen LogP contribution in [0.3, 0.4) is 0 Å². The van der Waals surface area contributed by atoms with Gasteiger partial charge in [0.25, 0.3) is 0 Å². The van der Waals surface area contributed by atoms with Crippen molar-refractivity contribution in [2.45, 2.75) is 45.4 Å².